The van der Waals surface area contributed by atoms with Crippen LogP contribution in [0.3, 0.4) is 0 Å². The van der Waals surface area contributed by atoms with Crippen molar-refractivity contribution in [3.63, 3.8) is 0 Å². The highest BCUT2D eigenvalue weighted by Crippen LogP contribution is 2.18. The number of hydrogen-bond acceptors (Lipinski definition) is 3. The maximum absolute atomic E-state index is 8.35. The largest absolute Gasteiger partial charge is 0.493 e. The van der Waals surface area contributed by atoms with E-state index in [0.717, 1.165) is 17.7 Å². The molecule has 0 spiro atoms. The number of hydrogen-bond donors (Lipinski definition) is 2. The predicted octanol–water partition coefficient (Wildman–Crippen LogP) is 2.05. The van der Waals surface area contributed by atoms with Crippen LogP contribution in [0, 0.1) is 13.8 Å². The first-order valence-corrected chi connectivity index (χ1v) is 4.81. The van der Waals surface area contributed by atoms with Gasteiger partial charge in [0.2, 0.25) is 0 Å². The van der Waals surface area contributed by atoms with Crippen molar-refractivity contribution in [2.45, 2.75) is 20.3 Å². The molecule has 0 saturated heterocycles. The van der Waals surface area contributed by atoms with E-state index in [0.29, 0.717) is 13.2 Å². The minimum atomic E-state index is 0.560. The zero-order chi connectivity index (χ0) is 10.4. The van der Waals surface area contributed by atoms with Crippen LogP contribution in [0.25, 0.3) is 0 Å². The molecule has 0 radical (unpaired) electrons. The summed E-state index contributed by atoms with van der Waals surface area (Å²) in [5.74, 6) is 0.925. The molecule has 0 fully saturated rings. The third-order valence-corrected chi connectivity index (χ3v) is 2.02. The van der Waals surface area contributed by atoms with E-state index in [-0.39, 0.29) is 0 Å². The fourth-order valence-electron chi connectivity index (χ4n) is 1.29. The number of rotatable bonds is 5. The second kappa shape index (κ2) is 5.62. The number of aryl methyl sites for hydroxylation is 2. The molecule has 0 atom stereocenters. The molecule has 0 saturated carbocycles. The summed E-state index contributed by atoms with van der Waals surface area (Å²) in [4.78, 5) is 0. The molecule has 14 heavy (non-hydrogen) atoms. The zero-order valence-electron chi connectivity index (χ0n) is 8.71. The maximum atomic E-state index is 8.35. The summed E-state index contributed by atoms with van der Waals surface area (Å²) in [5.41, 5.74) is 4.49. The van der Waals surface area contributed by atoms with E-state index in [1.54, 1.807) is 0 Å². The summed E-state index contributed by atoms with van der Waals surface area (Å²) < 4.78 is 5.54. The van der Waals surface area contributed by atoms with Gasteiger partial charge in [-0.25, -0.2) is 5.48 Å². The molecule has 3 nitrogen and oxygen atoms in total. The Morgan fingerprint density at radius 3 is 2.79 bits per heavy atom. The molecule has 1 aromatic carbocycles. The Morgan fingerprint density at radius 2 is 2.14 bits per heavy atom. The van der Waals surface area contributed by atoms with Gasteiger partial charge < -0.3 is 9.94 Å². The molecule has 78 valence electrons. The topological polar surface area (TPSA) is 41.5 Å². The molecule has 2 N–H and O–H groups in total. The van der Waals surface area contributed by atoms with Crippen LogP contribution in [0.1, 0.15) is 17.5 Å². The molecule has 0 unspecified atom stereocenters. The first-order valence-electron chi connectivity index (χ1n) is 4.81. The van der Waals surface area contributed by atoms with E-state index >= 15 is 0 Å². The van der Waals surface area contributed by atoms with Crippen molar-refractivity contribution in [3.8, 4) is 5.75 Å². The normalized spacial score (nSPS) is 10.2. The fraction of sp³-hybridized carbons (Fsp3) is 0.455. The Hall–Kier alpha value is -1.06. The van der Waals surface area contributed by atoms with Gasteiger partial charge in [0, 0.05) is 6.54 Å². The van der Waals surface area contributed by atoms with Crippen molar-refractivity contribution in [1.29, 1.82) is 0 Å². The van der Waals surface area contributed by atoms with Crippen molar-refractivity contribution in [2.75, 3.05) is 13.2 Å². The Kier molecular flexibility index (Phi) is 4.43. The standard InChI is InChI=1S/C11H17NO2/c1-9-4-5-11(10(2)8-9)14-7-3-6-12-13/h4-5,8,12-13H,3,6-7H2,1-2H3. The van der Waals surface area contributed by atoms with Crippen molar-refractivity contribution >= 4 is 0 Å². The highest BCUT2D eigenvalue weighted by Gasteiger charge is 1.98. The maximum Gasteiger partial charge on any atom is 0.122 e. The summed E-state index contributed by atoms with van der Waals surface area (Å²) >= 11 is 0. The molecule has 0 bridgehead atoms. The van der Waals surface area contributed by atoms with Gasteiger partial charge in [-0.3, -0.25) is 0 Å². The average molecular weight is 195 g/mol. The van der Waals surface area contributed by atoms with Crippen LogP contribution in [0.4, 0.5) is 0 Å². The molecular formula is C11H17NO2. The Morgan fingerprint density at radius 1 is 1.36 bits per heavy atom. The molecule has 3 heteroatoms. The van der Waals surface area contributed by atoms with E-state index in [1.807, 2.05) is 19.1 Å². The first-order chi connectivity index (χ1) is 6.74. The minimum Gasteiger partial charge on any atom is -0.493 e. The van der Waals surface area contributed by atoms with Gasteiger partial charge in [0.05, 0.1) is 6.61 Å². The lowest BCUT2D eigenvalue weighted by Gasteiger charge is -2.09. The molecule has 1 aromatic rings. The van der Waals surface area contributed by atoms with Gasteiger partial charge in [-0.1, -0.05) is 17.7 Å². The number of ether oxygens (including phenoxy) is 1. The van der Waals surface area contributed by atoms with E-state index in [1.165, 1.54) is 5.56 Å². The number of benzene rings is 1. The summed E-state index contributed by atoms with van der Waals surface area (Å²) in [6, 6.07) is 6.11. The predicted molar refractivity (Wildman–Crippen MR) is 55.8 cm³/mol. The second-order valence-electron chi connectivity index (χ2n) is 3.38. The molecule has 0 aromatic heterocycles. The molecule has 0 aliphatic rings. The van der Waals surface area contributed by atoms with Gasteiger partial charge in [-0.2, -0.15) is 0 Å². The lowest BCUT2D eigenvalue weighted by Crippen LogP contribution is -2.12. The lowest BCUT2D eigenvalue weighted by atomic mass is 10.1. The van der Waals surface area contributed by atoms with Crippen LogP contribution >= 0.6 is 0 Å². The summed E-state index contributed by atoms with van der Waals surface area (Å²) in [6.45, 7) is 5.28. The Labute approximate surface area is 84.7 Å². The highest BCUT2D eigenvalue weighted by molar-refractivity contribution is 5.35. The Bertz CT molecular complexity index is 287. The molecule has 1 rings (SSSR count). The minimum absolute atomic E-state index is 0.560. The van der Waals surface area contributed by atoms with Crippen molar-refractivity contribution in [1.82, 2.24) is 5.48 Å². The second-order valence-corrected chi connectivity index (χ2v) is 3.38. The van der Waals surface area contributed by atoms with Crippen molar-refractivity contribution in [2.24, 2.45) is 0 Å². The molecule has 0 aliphatic carbocycles. The Balaban J connectivity index is 2.42. The van der Waals surface area contributed by atoms with Crippen LogP contribution in [-0.2, 0) is 0 Å². The lowest BCUT2D eigenvalue weighted by molar-refractivity contribution is 0.157. The van der Waals surface area contributed by atoms with Crippen LogP contribution in [0.15, 0.2) is 18.2 Å². The molecular weight excluding hydrogens is 178 g/mol. The molecule has 0 aliphatic heterocycles. The van der Waals surface area contributed by atoms with Gasteiger partial charge in [0.15, 0.2) is 0 Å². The van der Waals surface area contributed by atoms with Crippen LogP contribution < -0.4 is 10.2 Å². The first kappa shape index (κ1) is 11.0. The monoisotopic (exact) mass is 195 g/mol. The van der Waals surface area contributed by atoms with E-state index in [4.69, 9.17) is 9.94 Å². The zero-order valence-corrected chi connectivity index (χ0v) is 8.71. The quantitative estimate of drug-likeness (QED) is 0.558. The number of hydroxylamine groups is 1. The summed E-state index contributed by atoms with van der Waals surface area (Å²) in [7, 11) is 0. The number of nitrogens with one attached hydrogen (secondary N) is 1. The molecule has 0 heterocycles. The highest BCUT2D eigenvalue weighted by atomic mass is 16.5. The van der Waals surface area contributed by atoms with Crippen molar-refractivity contribution < 1.29 is 9.94 Å². The van der Waals surface area contributed by atoms with Gasteiger partial charge >= 0.3 is 0 Å². The van der Waals surface area contributed by atoms with E-state index in [2.05, 4.69) is 18.5 Å². The van der Waals surface area contributed by atoms with Crippen LogP contribution in [0.5, 0.6) is 5.75 Å². The third-order valence-electron chi connectivity index (χ3n) is 2.02. The van der Waals surface area contributed by atoms with Crippen LogP contribution in [0.2, 0.25) is 0 Å². The summed E-state index contributed by atoms with van der Waals surface area (Å²) in [5, 5.41) is 8.35. The van der Waals surface area contributed by atoms with Gasteiger partial charge in [0.25, 0.3) is 0 Å². The molecule has 0 amide bonds. The average Bonchev–Trinajstić information content (AvgIpc) is 2.15. The smallest absolute Gasteiger partial charge is 0.122 e. The fourth-order valence-corrected chi connectivity index (χ4v) is 1.29. The summed E-state index contributed by atoms with van der Waals surface area (Å²) in [6.07, 6.45) is 0.795. The van der Waals surface area contributed by atoms with Gasteiger partial charge in [-0.15, -0.1) is 0 Å². The van der Waals surface area contributed by atoms with Crippen LogP contribution in [-0.4, -0.2) is 18.4 Å². The van der Waals surface area contributed by atoms with Gasteiger partial charge in [-0.05, 0) is 31.9 Å². The van der Waals surface area contributed by atoms with E-state index in [9.17, 15) is 0 Å². The van der Waals surface area contributed by atoms with Crippen molar-refractivity contribution in [3.05, 3.63) is 29.3 Å². The van der Waals surface area contributed by atoms with E-state index < -0.39 is 0 Å². The third kappa shape index (κ3) is 3.36. The SMILES string of the molecule is Cc1ccc(OCCCNO)c(C)c1. The van der Waals surface area contributed by atoms with Gasteiger partial charge in [0.1, 0.15) is 5.75 Å².